The van der Waals surface area contributed by atoms with Crippen LogP contribution in [0.1, 0.15) is 38.0 Å². The molecule has 2 fully saturated rings. The summed E-state index contributed by atoms with van der Waals surface area (Å²) in [4.78, 5) is 9.11. The zero-order valence-corrected chi connectivity index (χ0v) is 19.3. The highest BCUT2D eigenvalue weighted by Gasteiger charge is 2.34. The second-order valence-corrected chi connectivity index (χ2v) is 10.4. The van der Waals surface area contributed by atoms with Crippen LogP contribution in [0.5, 0.6) is 0 Å². The van der Waals surface area contributed by atoms with Crippen molar-refractivity contribution < 1.29 is 5.11 Å². The van der Waals surface area contributed by atoms with Gasteiger partial charge in [0.25, 0.3) is 0 Å². The minimum Gasteiger partial charge on any atom is -0.396 e. The van der Waals surface area contributed by atoms with Crippen LogP contribution >= 0.6 is 22.9 Å². The molecule has 1 N–H and O–H groups in total. The molecule has 1 aromatic carbocycles. The number of aliphatic hydroxyl groups excluding tert-OH is 1. The normalized spacial score (nSPS) is 23.4. The minimum atomic E-state index is 0.267. The summed E-state index contributed by atoms with van der Waals surface area (Å²) in [7, 11) is 0. The summed E-state index contributed by atoms with van der Waals surface area (Å²) in [6.07, 6.45) is 3.37. The van der Waals surface area contributed by atoms with Crippen LogP contribution in [0.4, 0.5) is 0 Å². The van der Waals surface area contributed by atoms with Gasteiger partial charge in [0.05, 0.1) is 5.02 Å². The first-order valence-electron chi connectivity index (χ1n) is 11.1. The molecule has 160 valence electrons. The van der Waals surface area contributed by atoms with Gasteiger partial charge in [0.2, 0.25) is 0 Å². The molecule has 0 spiro atoms. The molecule has 2 aromatic rings. The van der Waals surface area contributed by atoms with Gasteiger partial charge in [-0.15, -0.1) is 11.3 Å². The molecule has 0 saturated carbocycles. The lowest BCUT2D eigenvalue weighted by atomic mass is 9.97. The van der Waals surface area contributed by atoms with E-state index in [1.54, 1.807) is 0 Å². The molecule has 1 atom stereocenters. The molecule has 2 saturated heterocycles. The van der Waals surface area contributed by atoms with Crippen molar-refractivity contribution in [2.24, 2.45) is 0 Å². The molecule has 0 amide bonds. The number of rotatable bonds is 6. The van der Waals surface area contributed by atoms with Crippen molar-refractivity contribution in [3.8, 4) is 0 Å². The number of piperidine rings is 1. The van der Waals surface area contributed by atoms with Crippen molar-refractivity contribution in [2.75, 3.05) is 39.3 Å². The highest BCUT2D eigenvalue weighted by molar-refractivity contribution is 7.19. The number of likely N-dealkylation sites (tertiary alicyclic amines) is 1. The van der Waals surface area contributed by atoms with E-state index in [4.69, 9.17) is 11.6 Å². The molecule has 0 radical (unpaired) electrons. The van der Waals surface area contributed by atoms with E-state index in [1.807, 2.05) is 11.3 Å². The monoisotopic (exact) mass is 435 g/mol. The number of aliphatic hydroxyl groups is 1. The van der Waals surface area contributed by atoms with Crippen LogP contribution in [-0.2, 0) is 6.54 Å². The maximum absolute atomic E-state index is 9.69. The number of hydrogen-bond donors (Lipinski definition) is 1. The Morgan fingerprint density at radius 2 is 1.90 bits per heavy atom. The van der Waals surface area contributed by atoms with Gasteiger partial charge in [-0.05, 0) is 52.3 Å². The van der Waals surface area contributed by atoms with E-state index in [0.29, 0.717) is 18.1 Å². The highest BCUT2D eigenvalue weighted by Crippen LogP contribution is 2.36. The fourth-order valence-electron chi connectivity index (χ4n) is 5.07. The first kappa shape index (κ1) is 21.5. The zero-order chi connectivity index (χ0) is 20.4. The molecule has 29 heavy (non-hydrogen) atoms. The molecular weight excluding hydrogens is 402 g/mol. The van der Waals surface area contributed by atoms with E-state index < -0.39 is 0 Å². The van der Waals surface area contributed by atoms with Crippen LogP contribution in [0, 0.1) is 0 Å². The van der Waals surface area contributed by atoms with Crippen molar-refractivity contribution in [1.29, 1.82) is 0 Å². The zero-order valence-electron chi connectivity index (χ0n) is 17.7. The predicted octanol–water partition coefficient (Wildman–Crippen LogP) is 4.30. The summed E-state index contributed by atoms with van der Waals surface area (Å²) < 4.78 is 1.27. The molecule has 2 aliphatic rings. The van der Waals surface area contributed by atoms with Gasteiger partial charge in [0, 0.05) is 65.9 Å². The lowest BCUT2D eigenvalue weighted by Gasteiger charge is -2.48. The van der Waals surface area contributed by atoms with Crippen LogP contribution in [0.2, 0.25) is 5.02 Å². The van der Waals surface area contributed by atoms with E-state index in [-0.39, 0.29) is 6.61 Å². The molecule has 0 bridgehead atoms. The second-order valence-electron chi connectivity index (χ2n) is 8.84. The summed E-state index contributed by atoms with van der Waals surface area (Å²) in [5.74, 6) is 0. The summed E-state index contributed by atoms with van der Waals surface area (Å²) in [5.41, 5.74) is 0. The number of piperazine rings is 1. The molecule has 4 rings (SSSR count). The largest absolute Gasteiger partial charge is 0.396 e. The van der Waals surface area contributed by atoms with Gasteiger partial charge in [0.15, 0.2) is 0 Å². The van der Waals surface area contributed by atoms with Crippen LogP contribution < -0.4 is 0 Å². The van der Waals surface area contributed by atoms with Gasteiger partial charge in [-0.2, -0.15) is 0 Å². The third-order valence-corrected chi connectivity index (χ3v) is 8.44. The quantitative estimate of drug-likeness (QED) is 0.732. The number of halogens is 1. The Morgan fingerprint density at radius 1 is 1.14 bits per heavy atom. The summed E-state index contributed by atoms with van der Waals surface area (Å²) in [5, 5.41) is 11.8. The Bertz CT molecular complexity index is 803. The minimum absolute atomic E-state index is 0.267. The summed E-state index contributed by atoms with van der Waals surface area (Å²) >= 11 is 8.51. The Hall–Kier alpha value is -0.690. The third-order valence-electron chi connectivity index (χ3n) is 6.74. The van der Waals surface area contributed by atoms with Crippen molar-refractivity contribution in [3.63, 3.8) is 0 Å². The van der Waals surface area contributed by atoms with Gasteiger partial charge in [0.1, 0.15) is 0 Å². The lowest BCUT2D eigenvalue weighted by Crippen LogP contribution is -2.58. The van der Waals surface area contributed by atoms with E-state index in [1.165, 1.54) is 40.9 Å². The standard InChI is InChI=1S/C23H34ClN3OS/c1-17(2)26-10-7-18(8-11-26)27-13-12-25(15-19(27)9-14-28)16-22-23(24)20-5-3-4-6-21(20)29-22/h3-6,17-19,28H,7-16H2,1-2H3/t19-/m0/s1. The predicted molar refractivity (Wildman–Crippen MR) is 124 cm³/mol. The van der Waals surface area contributed by atoms with E-state index in [2.05, 4.69) is 52.8 Å². The van der Waals surface area contributed by atoms with Crippen LogP contribution in [0.15, 0.2) is 24.3 Å². The first-order chi connectivity index (χ1) is 14.1. The molecule has 0 aliphatic carbocycles. The average Bonchev–Trinajstić information content (AvgIpc) is 3.04. The number of thiophene rings is 1. The van der Waals surface area contributed by atoms with Gasteiger partial charge in [-0.3, -0.25) is 9.80 Å². The highest BCUT2D eigenvalue weighted by atomic mass is 35.5. The number of benzene rings is 1. The van der Waals surface area contributed by atoms with E-state index in [9.17, 15) is 5.11 Å². The molecule has 0 unspecified atom stereocenters. The Labute approximate surface area is 184 Å². The Balaban J connectivity index is 1.40. The smallest absolute Gasteiger partial charge is 0.0637 e. The maximum Gasteiger partial charge on any atom is 0.0637 e. The fraction of sp³-hybridized carbons (Fsp3) is 0.652. The third kappa shape index (κ3) is 4.81. The van der Waals surface area contributed by atoms with Crippen molar-refractivity contribution in [1.82, 2.24) is 14.7 Å². The molecule has 3 heterocycles. The van der Waals surface area contributed by atoms with E-state index >= 15 is 0 Å². The van der Waals surface area contributed by atoms with Gasteiger partial charge in [-0.1, -0.05) is 29.8 Å². The van der Waals surface area contributed by atoms with Crippen molar-refractivity contribution >= 4 is 33.0 Å². The van der Waals surface area contributed by atoms with Crippen LogP contribution in [-0.4, -0.2) is 77.3 Å². The van der Waals surface area contributed by atoms with Crippen LogP contribution in [0.25, 0.3) is 10.1 Å². The van der Waals surface area contributed by atoms with Crippen molar-refractivity contribution in [3.05, 3.63) is 34.2 Å². The summed E-state index contributed by atoms with van der Waals surface area (Å²) in [6, 6.07) is 10.2. The van der Waals surface area contributed by atoms with Gasteiger partial charge < -0.3 is 10.0 Å². The number of fused-ring (bicyclic) bond motifs is 1. The van der Waals surface area contributed by atoms with Crippen LogP contribution in [0.3, 0.4) is 0 Å². The SMILES string of the molecule is CC(C)N1CCC(N2CCN(Cc3sc4ccccc4c3Cl)C[C@@H]2CCO)CC1. The molecule has 1 aromatic heterocycles. The molecule has 4 nitrogen and oxygen atoms in total. The van der Waals surface area contributed by atoms with Gasteiger partial charge >= 0.3 is 0 Å². The Kier molecular flexibility index (Phi) is 7.15. The number of hydrogen-bond acceptors (Lipinski definition) is 5. The average molecular weight is 436 g/mol. The summed E-state index contributed by atoms with van der Waals surface area (Å²) in [6.45, 7) is 11.4. The molecule has 6 heteroatoms. The molecule has 2 aliphatic heterocycles. The first-order valence-corrected chi connectivity index (χ1v) is 12.2. The number of nitrogens with zero attached hydrogens (tertiary/aromatic N) is 3. The second kappa shape index (κ2) is 9.63. The van der Waals surface area contributed by atoms with Crippen molar-refractivity contribution in [2.45, 2.75) is 57.8 Å². The molecular formula is C23H34ClN3OS. The van der Waals surface area contributed by atoms with E-state index in [0.717, 1.165) is 37.6 Å². The van der Waals surface area contributed by atoms with Gasteiger partial charge in [-0.25, -0.2) is 0 Å². The Morgan fingerprint density at radius 3 is 2.59 bits per heavy atom. The fourth-order valence-corrected chi connectivity index (χ4v) is 6.60. The topological polar surface area (TPSA) is 30.0 Å². The lowest BCUT2D eigenvalue weighted by molar-refractivity contribution is 0.000242. The maximum atomic E-state index is 9.69.